The van der Waals surface area contributed by atoms with Crippen molar-refractivity contribution in [3.63, 3.8) is 0 Å². The molecule has 0 bridgehead atoms. The SMILES string of the molecule is CC(C)S(=O)(=O)c1sccc1Nc1nc(Nc2ccc(NC(=O)CCl)cc2Cl)ncc1Cl. The third kappa shape index (κ3) is 5.62. The number of sulfone groups is 1. The first-order chi connectivity index (χ1) is 15.1. The van der Waals surface area contributed by atoms with E-state index < -0.39 is 15.1 Å². The molecule has 0 atom stereocenters. The lowest BCUT2D eigenvalue weighted by Gasteiger charge is -2.13. The van der Waals surface area contributed by atoms with Gasteiger partial charge in [-0.3, -0.25) is 4.79 Å². The van der Waals surface area contributed by atoms with Crippen LogP contribution in [-0.2, 0) is 14.6 Å². The molecule has 0 spiro atoms. The van der Waals surface area contributed by atoms with Gasteiger partial charge in [-0.1, -0.05) is 23.2 Å². The molecule has 1 amide bonds. The van der Waals surface area contributed by atoms with Crippen molar-refractivity contribution in [3.8, 4) is 0 Å². The summed E-state index contributed by atoms with van der Waals surface area (Å²) in [6.07, 6.45) is 1.38. The molecule has 0 saturated heterocycles. The van der Waals surface area contributed by atoms with Crippen molar-refractivity contribution in [2.75, 3.05) is 21.8 Å². The van der Waals surface area contributed by atoms with Gasteiger partial charge in [-0.05, 0) is 43.5 Å². The second-order valence-electron chi connectivity index (χ2n) is 6.73. The molecule has 2 aromatic heterocycles. The maximum Gasteiger partial charge on any atom is 0.239 e. The Hall–Kier alpha value is -2.11. The molecule has 8 nitrogen and oxygen atoms in total. The van der Waals surface area contributed by atoms with Crippen molar-refractivity contribution in [1.82, 2.24) is 9.97 Å². The zero-order valence-electron chi connectivity index (χ0n) is 16.8. The summed E-state index contributed by atoms with van der Waals surface area (Å²) in [5.74, 6) is -0.117. The third-order valence-electron chi connectivity index (χ3n) is 4.13. The summed E-state index contributed by atoms with van der Waals surface area (Å²) in [5, 5.41) is 10.2. The monoisotopic (exact) mass is 533 g/mol. The Labute approximate surface area is 204 Å². The van der Waals surface area contributed by atoms with Gasteiger partial charge in [-0.25, -0.2) is 13.4 Å². The number of hydrogen-bond acceptors (Lipinski definition) is 8. The van der Waals surface area contributed by atoms with Crippen LogP contribution in [-0.4, -0.2) is 35.4 Å². The number of benzene rings is 1. The minimum atomic E-state index is -3.48. The molecule has 0 aliphatic rings. The number of amides is 1. The fourth-order valence-electron chi connectivity index (χ4n) is 2.47. The van der Waals surface area contributed by atoms with Crippen LogP contribution in [0.4, 0.5) is 28.8 Å². The number of alkyl halides is 1. The van der Waals surface area contributed by atoms with Crippen molar-refractivity contribution in [3.05, 3.63) is 45.9 Å². The Kier molecular flexibility index (Phi) is 7.84. The van der Waals surface area contributed by atoms with Crippen LogP contribution in [0.2, 0.25) is 10.0 Å². The van der Waals surface area contributed by atoms with E-state index >= 15 is 0 Å². The predicted molar refractivity (Wildman–Crippen MR) is 131 cm³/mol. The van der Waals surface area contributed by atoms with Crippen LogP contribution in [0.15, 0.2) is 40.1 Å². The maximum absolute atomic E-state index is 12.6. The zero-order chi connectivity index (χ0) is 23.5. The van der Waals surface area contributed by atoms with Crippen molar-refractivity contribution < 1.29 is 13.2 Å². The van der Waals surface area contributed by atoms with Gasteiger partial charge in [0.2, 0.25) is 11.9 Å². The second-order valence-corrected chi connectivity index (χ2v) is 11.4. The highest BCUT2D eigenvalue weighted by atomic mass is 35.5. The van der Waals surface area contributed by atoms with E-state index in [1.165, 1.54) is 6.20 Å². The highest BCUT2D eigenvalue weighted by Gasteiger charge is 2.25. The first-order valence-electron chi connectivity index (χ1n) is 9.15. The molecule has 0 saturated carbocycles. The maximum atomic E-state index is 12.6. The highest BCUT2D eigenvalue weighted by Crippen LogP contribution is 2.35. The highest BCUT2D eigenvalue weighted by molar-refractivity contribution is 7.94. The Morgan fingerprint density at radius 2 is 1.88 bits per heavy atom. The Morgan fingerprint density at radius 3 is 2.53 bits per heavy atom. The van der Waals surface area contributed by atoms with Gasteiger partial charge in [0.1, 0.15) is 15.1 Å². The minimum absolute atomic E-state index is 0.170. The molecule has 0 aliphatic carbocycles. The van der Waals surface area contributed by atoms with E-state index in [0.29, 0.717) is 22.1 Å². The van der Waals surface area contributed by atoms with E-state index in [4.69, 9.17) is 34.8 Å². The van der Waals surface area contributed by atoms with Crippen LogP contribution in [0.25, 0.3) is 0 Å². The fraction of sp³-hybridized carbons (Fsp3) is 0.211. The van der Waals surface area contributed by atoms with Gasteiger partial charge in [0.05, 0.1) is 27.8 Å². The number of anilines is 5. The number of carbonyl (C=O) groups is 1. The number of aromatic nitrogens is 2. The largest absolute Gasteiger partial charge is 0.337 e. The number of thiophene rings is 1. The number of hydrogen-bond donors (Lipinski definition) is 3. The van der Waals surface area contributed by atoms with Gasteiger partial charge in [-0.15, -0.1) is 22.9 Å². The van der Waals surface area contributed by atoms with Crippen LogP contribution in [0.1, 0.15) is 13.8 Å². The molecule has 2 heterocycles. The summed E-state index contributed by atoms with van der Waals surface area (Å²) in [5.41, 5.74) is 1.36. The molecule has 3 N–H and O–H groups in total. The van der Waals surface area contributed by atoms with Crippen LogP contribution in [0, 0.1) is 0 Å². The first-order valence-corrected chi connectivity index (χ1v) is 12.9. The standard InChI is InChI=1S/C19H18Cl3N5O3S2/c1-10(2)32(29,30)18-15(5-6-31-18)25-17-13(22)9-23-19(27-17)26-14-4-3-11(7-12(14)21)24-16(28)8-20/h3-7,9-10H,8H2,1-2H3,(H,24,28)(H2,23,25,26,27). The lowest BCUT2D eigenvalue weighted by molar-refractivity contribution is -0.113. The van der Waals surface area contributed by atoms with Crippen LogP contribution in [0.5, 0.6) is 0 Å². The molecule has 0 radical (unpaired) electrons. The summed E-state index contributed by atoms with van der Waals surface area (Å²) in [7, 11) is -3.48. The summed E-state index contributed by atoms with van der Waals surface area (Å²) >= 11 is 19.1. The molecule has 170 valence electrons. The number of carbonyl (C=O) groups excluding carboxylic acids is 1. The third-order valence-corrected chi connectivity index (χ3v) is 8.63. The average molecular weight is 535 g/mol. The van der Waals surface area contributed by atoms with E-state index in [2.05, 4.69) is 25.9 Å². The van der Waals surface area contributed by atoms with Gasteiger partial charge >= 0.3 is 0 Å². The molecule has 13 heteroatoms. The number of halogens is 3. The Morgan fingerprint density at radius 1 is 1.12 bits per heavy atom. The van der Waals surface area contributed by atoms with Gasteiger partial charge in [0, 0.05) is 5.69 Å². The normalized spacial score (nSPS) is 11.4. The van der Waals surface area contributed by atoms with E-state index in [1.807, 2.05) is 0 Å². The Bertz CT molecular complexity index is 1250. The summed E-state index contributed by atoms with van der Waals surface area (Å²) < 4.78 is 25.4. The molecule has 0 unspecified atom stereocenters. The van der Waals surface area contributed by atoms with Crippen LogP contribution >= 0.6 is 46.1 Å². The van der Waals surface area contributed by atoms with Crippen LogP contribution < -0.4 is 16.0 Å². The minimum Gasteiger partial charge on any atom is -0.337 e. The van der Waals surface area contributed by atoms with Gasteiger partial charge in [0.25, 0.3) is 0 Å². The lowest BCUT2D eigenvalue weighted by atomic mass is 10.2. The molecule has 32 heavy (non-hydrogen) atoms. The summed E-state index contributed by atoms with van der Waals surface area (Å²) in [6, 6.07) is 6.49. The molecular weight excluding hydrogens is 517 g/mol. The van der Waals surface area contributed by atoms with Crippen molar-refractivity contribution in [1.29, 1.82) is 0 Å². The number of nitrogens with zero attached hydrogens (tertiary/aromatic N) is 2. The summed E-state index contributed by atoms with van der Waals surface area (Å²) in [4.78, 5) is 19.9. The molecule has 0 fully saturated rings. The van der Waals surface area contributed by atoms with Crippen LogP contribution in [0.3, 0.4) is 0 Å². The van der Waals surface area contributed by atoms with E-state index in [0.717, 1.165) is 11.3 Å². The lowest BCUT2D eigenvalue weighted by Crippen LogP contribution is -2.14. The fourth-order valence-corrected chi connectivity index (χ4v) is 5.62. The molecule has 3 aromatic rings. The Balaban J connectivity index is 1.84. The van der Waals surface area contributed by atoms with Crippen molar-refractivity contribution >= 4 is 90.7 Å². The second kappa shape index (κ2) is 10.2. The quantitative estimate of drug-likeness (QED) is 0.318. The first kappa shape index (κ1) is 24.5. The van der Waals surface area contributed by atoms with E-state index in [9.17, 15) is 13.2 Å². The van der Waals surface area contributed by atoms with E-state index in [-0.39, 0.29) is 32.8 Å². The molecule has 0 aliphatic heterocycles. The predicted octanol–water partition coefficient (Wildman–Crippen LogP) is 5.69. The van der Waals surface area contributed by atoms with Gasteiger partial charge in [-0.2, -0.15) is 4.98 Å². The smallest absolute Gasteiger partial charge is 0.239 e. The van der Waals surface area contributed by atoms with Crippen molar-refractivity contribution in [2.45, 2.75) is 23.3 Å². The average Bonchev–Trinajstić information content (AvgIpc) is 3.21. The number of rotatable bonds is 8. The summed E-state index contributed by atoms with van der Waals surface area (Å²) in [6.45, 7) is 3.24. The van der Waals surface area contributed by atoms with Crippen molar-refractivity contribution in [2.24, 2.45) is 0 Å². The molecule has 3 rings (SSSR count). The van der Waals surface area contributed by atoms with Gasteiger partial charge in [0.15, 0.2) is 15.7 Å². The topological polar surface area (TPSA) is 113 Å². The zero-order valence-corrected chi connectivity index (χ0v) is 20.7. The number of nitrogens with one attached hydrogen (secondary N) is 3. The molecular formula is C19H18Cl3N5O3S2. The molecule has 1 aromatic carbocycles. The van der Waals surface area contributed by atoms with E-state index in [1.54, 1.807) is 43.5 Å². The van der Waals surface area contributed by atoms with Gasteiger partial charge < -0.3 is 16.0 Å².